The van der Waals surface area contributed by atoms with Gasteiger partial charge in [0.1, 0.15) is 0 Å². The van der Waals surface area contributed by atoms with Gasteiger partial charge in [0.15, 0.2) is 0 Å². The van der Waals surface area contributed by atoms with E-state index in [0.29, 0.717) is 0 Å². The Kier molecular flexibility index (Phi) is 6.40. The molecule has 0 N–H and O–H groups in total. The molecule has 1 aliphatic heterocycles. The van der Waals surface area contributed by atoms with E-state index >= 15 is 0 Å². The van der Waals surface area contributed by atoms with Gasteiger partial charge in [-0.15, -0.1) is 0 Å². The SMILES string of the molecule is c1ccc(C2=Nc3ccc4c5ccccc5n(-c5ccc(-c6cncc7ccccc67)cc5)c4c3C2(c2ccccc2)c2ccccc2)cc1. The standard InChI is InChI=1S/C47H31N3/c1-4-14-33(15-5-1)46-47(35-17-6-2-7-18-35,36-19-8-3-9-20-36)44-42(49-46)29-28-40-39-22-12-13-23-43(39)50(45(40)44)37-26-24-32(25-27-37)41-31-48-30-34-16-10-11-21-38(34)41/h1-31H. The number of aliphatic imine (C=N–C) groups is 1. The fourth-order valence-electron chi connectivity index (χ4n) is 8.22. The van der Waals surface area contributed by atoms with Crippen molar-refractivity contribution >= 4 is 44.0 Å². The van der Waals surface area contributed by atoms with Gasteiger partial charge in [0, 0.05) is 45.4 Å². The second-order valence-corrected chi connectivity index (χ2v) is 13.0. The highest BCUT2D eigenvalue weighted by Gasteiger charge is 2.49. The number of fused-ring (bicyclic) bond motifs is 6. The van der Waals surface area contributed by atoms with Gasteiger partial charge in [-0.1, -0.05) is 152 Å². The predicted molar refractivity (Wildman–Crippen MR) is 207 cm³/mol. The molecule has 0 fully saturated rings. The van der Waals surface area contributed by atoms with Crippen molar-refractivity contribution in [2.24, 2.45) is 4.99 Å². The van der Waals surface area contributed by atoms with Crippen LogP contribution in [-0.4, -0.2) is 15.3 Å². The van der Waals surface area contributed by atoms with Crippen LogP contribution in [-0.2, 0) is 5.41 Å². The molecule has 3 heterocycles. The van der Waals surface area contributed by atoms with Crippen LogP contribution in [0.15, 0.2) is 193 Å². The van der Waals surface area contributed by atoms with Crippen molar-refractivity contribution in [3.63, 3.8) is 0 Å². The zero-order chi connectivity index (χ0) is 33.1. The van der Waals surface area contributed by atoms with Gasteiger partial charge in [-0.05, 0) is 51.9 Å². The fourth-order valence-corrected chi connectivity index (χ4v) is 8.22. The summed E-state index contributed by atoms with van der Waals surface area (Å²) in [6, 6.07) is 63.2. The van der Waals surface area contributed by atoms with Crippen LogP contribution in [0.3, 0.4) is 0 Å². The number of hydrogen-bond acceptors (Lipinski definition) is 2. The predicted octanol–water partition coefficient (Wildman–Crippen LogP) is 11.5. The van der Waals surface area contributed by atoms with E-state index in [-0.39, 0.29) is 0 Å². The summed E-state index contributed by atoms with van der Waals surface area (Å²) in [5, 5.41) is 4.77. The van der Waals surface area contributed by atoms with Crippen molar-refractivity contribution in [2.45, 2.75) is 5.41 Å². The summed E-state index contributed by atoms with van der Waals surface area (Å²) < 4.78 is 2.46. The summed E-state index contributed by atoms with van der Waals surface area (Å²) in [5.41, 5.74) is 11.8. The molecule has 0 radical (unpaired) electrons. The third-order valence-electron chi connectivity index (χ3n) is 10.3. The van der Waals surface area contributed by atoms with E-state index in [1.165, 1.54) is 43.9 Å². The summed E-state index contributed by atoms with van der Waals surface area (Å²) in [5.74, 6) is 0. The van der Waals surface area contributed by atoms with Crippen molar-refractivity contribution in [1.29, 1.82) is 0 Å². The first-order valence-corrected chi connectivity index (χ1v) is 17.1. The molecule has 0 spiro atoms. The average molecular weight is 638 g/mol. The van der Waals surface area contributed by atoms with E-state index in [1.54, 1.807) is 0 Å². The smallest absolute Gasteiger partial charge is 0.0921 e. The number of pyridine rings is 1. The second kappa shape index (κ2) is 11.3. The molecular formula is C47H31N3. The minimum absolute atomic E-state index is 0.667. The van der Waals surface area contributed by atoms with E-state index in [4.69, 9.17) is 4.99 Å². The monoisotopic (exact) mass is 637 g/mol. The third kappa shape index (κ3) is 4.10. The molecule has 2 aromatic heterocycles. The Balaban J connectivity index is 1.30. The molecule has 7 aromatic carbocycles. The second-order valence-electron chi connectivity index (χ2n) is 13.0. The van der Waals surface area contributed by atoms with E-state index in [9.17, 15) is 0 Å². The molecule has 0 aliphatic carbocycles. The summed E-state index contributed by atoms with van der Waals surface area (Å²) >= 11 is 0. The van der Waals surface area contributed by atoms with Crippen molar-refractivity contribution in [1.82, 2.24) is 9.55 Å². The fraction of sp³-hybridized carbons (Fsp3) is 0.0213. The first-order valence-electron chi connectivity index (χ1n) is 17.1. The van der Waals surface area contributed by atoms with Crippen LogP contribution >= 0.6 is 0 Å². The minimum Gasteiger partial charge on any atom is -0.309 e. The summed E-state index contributed by atoms with van der Waals surface area (Å²) in [4.78, 5) is 10.1. The lowest BCUT2D eigenvalue weighted by molar-refractivity contribution is 0.853. The van der Waals surface area contributed by atoms with Gasteiger partial charge in [0.2, 0.25) is 0 Å². The molecule has 50 heavy (non-hydrogen) atoms. The maximum absolute atomic E-state index is 5.56. The lowest BCUT2D eigenvalue weighted by Crippen LogP contribution is -2.37. The van der Waals surface area contributed by atoms with Crippen molar-refractivity contribution in [2.75, 3.05) is 0 Å². The van der Waals surface area contributed by atoms with Crippen molar-refractivity contribution in [3.05, 3.63) is 211 Å². The van der Waals surface area contributed by atoms with Crippen LogP contribution in [0.25, 0.3) is 49.4 Å². The lowest BCUT2D eigenvalue weighted by Gasteiger charge is -2.35. The van der Waals surface area contributed by atoms with Crippen LogP contribution in [0.2, 0.25) is 0 Å². The van der Waals surface area contributed by atoms with Gasteiger partial charge >= 0.3 is 0 Å². The highest BCUT2D eigenvalue weighted by atomic mass is 15.0. The zero-order valence-electron chi connectivity index (χ0n) is 27.2. The Labute approximate surface area is 290 Å². The maximum atomic E-state index is 5.56. The van der Waals surface area contributed by atoms with Gasteiger partial charge in [-0.25, -0.2) is 0 Å². The molecule has 0 saturated heterocycles. The van der Waals surface area contributed by atoms with Gasteiger partial charge in [-0.2, -0.15) is 0 Å². The van der Waals surface area contributed by atoms with E-state index in [1.807, 2.05) is 12.4 Å². The molecule has 0 atom stereocenters. The first kappa shape index (κ1) is 28.4. The Morgan fingerprint density at radius 1 is 0.460 bits per heavy atom. The molecule has 0 unspecified atom stereocenters. The van der Waals surface area contributed by atoms with Crippen LogP contribution in [0, 0.1) is 0 Å². The number of benzene rings is 7. The average Bonchev–Trinajstić information content (AvgIpc) is 3.73. The Morgan fingerprint density at radius 3 is 1.80 bits per heavy atom. The highest BCUT2D eigenvalue weighted by Crippen LogP contribution is 2.55. The first-order chi connectivity index (χ1) is 24.8. The maximum Gasteiger partial charge on any atom is 0.0921 e. The van der Waals surface area contributed by atoms with Gasteiger partial charge in [0.25, 0.3) is 0 Å². The van der Waals surface area contributed by atoms with Crippen LogP contribution < -0.4 is 0 Å². The molecule has 0 bridgehead atoms. The van der Waals surface area contributed by atoms with E-state index in [0.717, 1.165) is 39.2 Å². The van der Waals surface area contributed by atoms with Crippen molar-refractivity contribution in [3.8, 4) is 16.8 Å². The minimum atomic E-state index is -0.667. The quantitative estimate of drug-likeness (QED) is 0.185. The van der Waals surface area contributed by atoms with Crippen LogP contribution in [0.4, 0.5) is 5.69 Å². The summed E-state index contributed by atoms with van der Waals surface area (Å²) in [7, 11) is 0. The van der Waals surface area contributed by atoms with E-state index < -0.39 is 5.41 Å². The Bertz CT molecular complexity index is 2680. The zero-order valence-corrected chi connectivity index (χ0v) is 27.2. The van der Waals surface area contributed by atoms with Gasteiger partial charge in [0.05, 0.1) is 27.8 Å². The summed E-state index contributed by atoms with van der Waals surface area (Å²) in [6.07, 6.45) is 3.91. The number of rotatable bonds is 5. The van der Waals surface area contributed by atoms with Crippen molar-refractivity contribution < 1.29 is 0 Å². The Morgan fingerprint density at radius 2 is 1.08 bits per heavy atom. The molecular weight excluding hydrogens is 607 g/mol. The largest absolute Gasteiger partial charge is 0.309 e. The lowest BCUT2D eigenvalue weighted by atomic mass is 9.65. The van der Waals surface area contributed by atoms with E-state index in [2.05, 4.69) is 185 Å². The molecule has 234 valence electrons. The molecule has 3 nitrogen and oxygen atoms in total. The molecule has 0 saturated carbocycles. The number of hydrogen-bond donors (Lipinski definition) is 0. The Hall–Kier alpha value is -6.58. The van der Waals surface area contributed by atoms with Gasteiger partial charge < -0.3 is 4.57 Å². The summed E-state index contributed by atoms with van der Waals surface area (Å²) in [6.45, 7) is 0. The van der Waals surface area contributed by atoms with Gasteiger partial charge in [-0.3, -0.25) is 9.98 Å². The molecule has 1 aliphatic rings. The molecule has 10 rings (SSSR count). The van der Waals surface area contributed by atoms with Crippen LogP contribution in [0.1, 0.15) is 22.3 Å². The molecule has 3 heteroatoms. The number of aromatic nitrogens is 2. The van der Waals surface area contributed by atoms with Crippen LogP contribution in [0.5, 0.6) is 0 Å². The topological polar surface area (TPSA) is 30.2 Å². The molecule has 9 aromatic rings. The number of nitrogens with zero attached hydrogens (tertiary/aromatic N) is 3. The molecule has 0 amide bonds. The normalized spacial score (nSPS) is 13.5. The highest BCUT2D eigenvalue weighted by molar-refractivity contribution is 6.22. The number of para-hydroxylation sites is 1. The third-order valence-corrected chi connectivity index (χ3v) is 10.3.